The Kier molecular flexibility index (Phi) is 4.98. The lowest BCUT2D eigenvalue weighted by Gasteiger charge is -2.12. The third-order valence-electron chi connectivity index (χ3n) is 3.85. The summed E-state index contributed by atoms with van der Waals surface area (Å²) in [5, 5.41) is -0.397. The fourth-order valence-electron chi connectivity index (χ4n) is 2.56. The van der Waals surface area contributed by atoms with Gasteiger partial charge < -0.3 is 0 Å². The highest BCUT2D eigenvalue weighted by Gasteiger charge is 2.29. The third-order valence-corrected chi connectivity index (χ3v) is 4.67. The van der Waals surface area contributed by atoms with E-state index in [2.05, 4.69) is 0 Å². The average molecular weight is 385 g/mol. The van der Waals surface area contributed by atoms with Crippen LogP contribution in [0.25, 0.3) is 0 Å². The summed E-state index contributed by atoms with van der Waals surface area (Å²) in [4.78, 5) is 45.5. The molecule has 0 bridgehead atoms. The van der Waals surface area contributed by atoms with E-state index >= 15 is 0 Å². The summed E-state index contributed by atoms with van der Waals surface area (Å²) in [5.74, 6) is -0.978. The van der Waals surface area contributed by atoms with Crippen LogP contribution in [-0.2, 0) is 0 Å². The van der Waals surface area contributed by atoms with E-state index in [1.165, 1.54) is 12.2 Å². The molecule has 4 nitrogen and oxygen atoms in total. The van der Waals surface area contributed by atoms with E-state index in [9.17, 15) is 19.2 Å². The Morgan fingerprint density at radius 1 is 0.500 bits per heavy atom. The van der Waals surface area contributed by atoms with E-state index in [4.69, 9.17) is 23.2 Å². The number of hydrogen-bond acceptors (Lipinski definition) is 4. The van der Waals surface area contributed by atoms with Gasteiger partial charge >= 0.3 is 0 Å². The summed E-state index contributed by atoms with van der Waals surface area (Å²) >= 11 is 11.2. The van der Waals surface area contributed by atoms with Crippen LogP contribution >= 0.6 is 23.2 Å². The maximum absolute atomic E-state index is 11.5. The molecule has 0 fully saturated rings. The second-order valence-electron chi connectivity index (χ2n) is 5.44. The van der Waals surface area contributed by atoms with E-state index in [0.717, 1.165) is 0 Å². The molecule has 6 heteroatoms. The first-order valence-corrected chi connectivity index (χ1v) is 8.27. The van der Waals surface area contributed by atoms with Crippen molar-refractivity contribution in [3.8, 4) is 0 Å². The molecule has 4 rings (SSSR count). The summed E-state index contributed by atoms with van der Waals surface area (Å²) in [6, 6.07) is 13.3. The molecule has 0 saturated carbocycles. The molecular weight excluding hydrogens is 375 g/mol. The minimum atomic E-state index is -0.396. The quantitative estimate of drug-likeness (QED) is 0.675. The number of hydrogen-bond donors (Lipinski definition) is 0. The summed E-state index contributed by atoms with van der Waals surface area (Å²) in [7, 11) is 0. The molecule has 0 aromatic heterocycles. The Bertz CT molecular complexity index is 952. The van der Waals surface area contributed by atoms with Gasteiger partial charge in [0.25, 0.3) is 0 Å². The molecule has 0 unspecified atom stereocenters. The normalized spacial score (nSPS) is 15.3. The van der Waals surface area contributed by atoms with E-state index in [1.54, 1.807) is 48.5 Å². The van der Waals surface area contributed by atoms with Crippen LogP contribution in [0.5, 0.6) is 0 Å². The molecular formula is C20H10Cl2O4. The predicted octanol–water partition coefficient (Wildman–Crippen LogP) is 4.38. The Hall–Kier alpha value is -2.82. The van der Waals surface area contributed by atoms with Crippen LogP contribution in [0.4, 0.5) is 0 Å². The molecule has 26 heavy (non-hydrogen) atoms. The van der Waals surface area contributed by atoms with Gasteiger partial charge in [-0.1, -0.05) is 71.7 Å². The predicted molar refractivity (Wildman–Crippen MR) is 98.1 cm³/mol. The third kappa shape index (κ3) is 3.17. The van der Waals surface area contributed by atoms with E-state index in [-0.39, 0.29) is 21.6 Å². The van der Waals surface area contributed by atoms with Gasteiger partial charge in [-0.2, -0.15) is 0 Å². The van der Waals surface area contributed by atoms with Crippen molar-refractivity contribution in [1.82, 2.24) is 0 Å². The monoisotopic (exact) mass is 384 g/mol. The first kappa shape index (κ1) is 18.0. The number of allylic oxidation sites excluding steroid dienone is 4. The van der Waals surface area contributed by atoms with Crippen molar-refractivity contribution in [2.24, 2.45) is 0 Å². The zero-order chi connectivity index (χ0) is 18.8. The van der Waals surface area contributed by atoms with Crippen molar-refractivity contribution < 1.29 is 19.2 Å². The molecule has 0 radical (unpaired) electrons. The van der Waals surface area contributed by atoms with Gasteiger partial charge in [0.1, 0.15) is 10.1 Å². The van der Waals surface area contributed by atoms with Crippen molar-refractivity contribution in [3.05, 3.63) is 93.0 Å². The topological polar surface area (TPSA) is 68.3 Å². The lowest BCUT2D eigenvalue weighted by atomic mass is 9.95. The van der Waals surface area contributed by atoms with Crippen molar-refractivity contribution in [1.29, 1.82) is 0 Å². The molecule has 0 saturated heterocycles. The van der Waals surface area contributed by atoms with E-state index in [0.29, 0.717) is 22.3 Å². The van der Waals surface area contributed by atoms with Crippen molar-refractivity contribution in [2.75, 3.05) is 0 Å². The number of benzene rings is 2. The SMILES string of the molecule is O=C1C(Cl)=C(Cl)C(=O)c2ccccc21.O=C1C=CC(=O)c2ccccc21. The van der Waals surface area contributed by atoms with Gasteiger partial charge in [0.2, 0.25) is 11.6 Å². The number of rotatable bonds is 0. The first-order chi connectivity index (χ1) is 12.4. The molecule has 0 amide bonds. The second-order valence-corrected chi connectivity index (χ2v) is 6.20. The zero-order valence-electron chi connectivity index (χ0n) is 13.2. The number of ketones is 4. The molecule has 2 aromatic carbocycles. The van der Waals surface area contributed by atoms with Crippen molar-refractivity contribution in [3.63, 3.8) is 0 Å². The lowest BCUT2D eigenvalue weighted by molar-refractivity contribution is 0.0987. The van der Waals surface area contributed by atoms with Crippen LogP contribution in [0, 0.1) is 0 Å². The van der Waals surface area contributed by atoms with Crippen LogP contribution in [0.1, 0.15) is 41.4 Å². The second kappa shape index (κ2) is 7.20. The molecule has 2 aromatic rings. The highest BCUT2D eigenvalue weighted by atomic mass is 35.5. The fourth-order valence-corrected chi connectivity index (χ4v) is 2.93. The molecule has 0 atom stereocenters. The van der Waals surface area contributed by atoms with Crippen LogP contribution in [-0.4, -0.2) is 23.1 Å². The average Bonchev–Trinajstić information content (AvgIpc) is 2.68. The van der Waals surface area contributed by atoms with E-state index in [1.807, 2.05) is 0 Å². The molecule has 0 aliphatic heterocycles. The van der Waals surface area contributed by atoms with Gasteiger partial charge in [0, 0.05) is 22.3 Å². The zero-order valence-corrected chi connectivity index (χ0v) is 14.7. The lowest BCUT2D eigenvalue weighted by Crippen LogP contribution is -2.17. The minimum Gasteiger partial charge on any atom is -0.289 e. The number of halogens is 2. The van der Waals surface area contributed by atoms with Crippen LogP contribution in [0.3, 0.4) is 0 Å². The molecule has 2 aliphatic carbocycles. The van der Waals surface area contributed by atoms with E-state index < -0.39 is 11.6 Å². The van der Waals surface area contributed by atoms with Gasteiger partial charge in [-0.25, -0.2) is 0 Å². The van der Waals surface area contributed by atoms with Gasteiger partial charge in [-0.15, -0.1) is 0 Å². The molecule has 2 aliphatic rings. The maximum atomic E-state index is 11.5. The van der Waals surface area contributed by atoms with Crippen molar-refractivity contribution in [2.45, 2.75) is 0 Å². The summed E-state index contributed by atoms with van der Waals surface area (Å²) in [6.07, 6.45) is 2.62. The highest BCUT2D eigenvalue weighted by Crippen LogP contribution is 2.30. The highest BCUT2D eigenvalue weighted by molar-refractivity contribution is 6.59. The number of carbonyl (C=O) groups excluding carboxylic acids is 4. The van der Waals surface area contributed by atoms with Crippen LogP contribution in [0.2, 0.25) is 0 Å². The number of Topliss-reactive ketones (excluding diaryl/α,β-unsaturated/α-hetero) is 2. The Labute approximate surface area is 158 Å². The Morgan fingerprint density at radius 3 is 1.15 bits per heavy atom. The number of fused-ring (bicyclic) bond motifs is 2. The molecule has 0 spiro atoms. The van der Waals surface area contributed by atoms with Gasteiger partial charge in [-0.3, -0.25) is 19.2 Å². The molecule has 0 N–H and O–H groups in total. The first-order valence-electron chi connectivity index (χ1n) is 7.51. The van der Waals surface area contributed by atoms with Gasteiger partial charge in [-0.05, 0) is 12.2 Å². The molecule has 128 valence electrons. The van der Waals surface area contributed by atoms with Gasteiger partial charge in [0.15, 0.2) is 11.6 Å². The standard InChI is InChI=1S/C10H4Cl2O2.C10H6O2/c11-7-8(12)10(14)6-4-2-1-3-5(6)9(7)13;11-9-5-6-10(12)8-4-2-1-3-7(8)9/h1-4H;1-6H. The summed E-state index contributed by atoms with van der Waals surface area (Å²) < 4.78 is 0. The fraction of sp³-hybridized carbons (Fsp3) is 0. The Balaban J connectivity index is 0.000000152. The van der Waals surface area contributed by atoms with Crippen molar-refractivity contribution >= 4 is 46.3 Å². The summed E-state index contributed by atoms with van der Waals surface area (Å²) in [5.41, 5.74) is 1.63. The number of carbonyl (C=O) groups is 4. The van der Waals surface area contributed by atoms with Crippen LogP contribution in [0.15, 0.2) is 70.7 Å². The Morgan fingerprint density at radius 2 is 0.808 bits per heavy atom. The summed E-state index contributed by atoms with van der Waals surface area (Å²) in [6.45, 7) is 0. The van der Waals surface area contributed by atoms with Crippen LogP contribution < -0.4 is 0 Å². The minimum absolute atomic E-state index is 0.0924. The largest absolute Gasteiger partial charge is 0.289 e. The maximum Gasteiger partial charge on any atom is 0.206 e. The van der Waals surface area contributed by atoms with Gasteiger partial charge in [0.05, 0.1) is 0 Å². The molecule has 0 heterocycles. The smallest absolute Gasteiger partial charge is 0.206 e.